The summed E-state index contributed by atoms with van der Waals surface area (Å²) in [6, 6.07) is 9.50. The van der Waals surface area contributed by atoms with E-state index in [-0.39, 0.29) is 17.9 Å². The molecule has 2 atom stereocenters. The second kappa shape index (κ2) is 6.40. The molecule has 98 valence electrons. The molecule has 4 heteroatoms. The van der Waals surface area contributed by atoms with Crippen LogP contribution in [0.15, 0.2) is 30.3 Å². The summed E-state index contributed by atoms with van der Waals surface area (Å²) in [6.07, 6.45) is 4.02. The van der Waals surface area contributed by atoms with Gasteiger partial charge in [0.25, 0.3) is 0 Å². The van der Waals surface area contributed by atoms with Gasteiger partial charge in [-0.2, -0.15) is 0 Å². The maximum absolute atomic E-state index is 11.7. The Kier molecular flexibility index (Phi) is 4.59. The van der Waals surface area contributed by atoms with Crippen molar-refractivity contribution in [1.29, 1.82) is 0 Å². The van der Waals surface area contributed by atoms with Crippen LogP contribution in [-0.4, -0.2) is 17.1 Å². The molecular formula is C14H20N2O2. The molecule has 4 nitrogen and oxygen atoms in total. The molecule has 1 aliphatic rings. The van der Waals surface area contributed by atoms with Gasteiger partial charge in [0.05, 0.1) is 11.8 Å². The monoisotopic (exact) mass is 248 g/mol. The number of carbonyl (C=O) groups excluding carboxylic acids is 1. The molecule has 0 spiro atoms. The molecule has 1 aromatic rings. The van der Waals surface area contributed by atoms with E-state index in [1.807, 2.05) is 30.3 Å². The highest BCUT2D eigenvalue weighted by atomic mass is 16.3. The molecule has 18 heavy (non-hydrogen) atoms. The third-order valence-corrected chi connectivity index (χ3v) is 3.44. The number of nitrogens with one attached hydrogen (secondary N) is 2. The van der Waals surface area contributed by atoms with Crippen LogP contribution in [0.3, 0.4) is 0 Å². The lowest BCUT2D eigenvalue weighted by atomic mass is 9.84. The summed E-state index contributed by atoms with van der Waals surface area (Å²) in [5, 5.41) is 9.80. The molecule has 1 aromatic carbocycles. The standard InChI is InChI=1S/C14H20N2O2/c17-13-9-5-4-6-11(13)10-14(18)16-15-12-7-2-1-3-8-12/h1-3,7-8,11,13,15,17H,4-6,9-10H2,(H,16,18)/t11-,13-/m1/s1. The summed E-state index contributed by atoms with van der Waals surface area (Å²) in [5.74, 6) is 0.0427. The van der Waals surface area contributed by atoms with Gasteiger partial charge < -0.3 is 5.11 Å². The van der Waals surface area contributed by atoms with Gasteiger partial charge in [0.15, 0.2) is 0 Å². The van der Waals surface area contributed by atoms with Crippen molar-refractivity contribution < 1.29 is 9.90 Å². The summed E-state index contributed by atoms with van der Waals surface area (Å²) in [4.78, 5) is 11.7. The Morgan fingerprint density at radius 3 is 2.67 bits per heavy atom. The zero-order valence-electron chi connectivity index (χ0n) is 10.4. The normalized spacial score (nSPS) is 23.4. The van der Waals surface area contributed by atoms with Crippen LogP contribution in [0.4, 0.5) is 5.69 Å². The molecule has 0 aromatic heterocycles. The first-order chi connectivity index (χ1) is 8.75. The number of rotatable bonds is 4. The van der Waals surface area contributed by atoms with Crippen LogP contribution < -0.4 is 10.9 Å². The molecule has 0 aliphatic heterocycles. The second-order valence-electron chi connectivity index (χ2n) is 4.86. The zero-order chi connectivity index (χ0) is 12.8. The van der Waals surface area contributed by atoms with Crippen LogP contribution in [0.1, 0.15) is 32.1 Å². The van der Waals surface area contributed by atoms with E-state index < -0.39 is 0 Å². The minimum atomic E-state index is -0.318. The van der Waals surface area contributed by atoms with Gasteiger partial charge in [0, 0.05) is 6.42 Å². The third-order valence-electron chi connectivity index (χ3n) is 3.44. The number of hydrogen-bond donors (Lipinski definition) is 3. The van der Waals surface area contributed by atoms with Crippen LogP contribution >= 0.6 is 0 Å². The van der Waals surface area contributed by atoms with Crippen molar-refractivity contribution in [2.75, 3.05) is 5.43 Å². The highest BCUT2D eigenvalue weighted by Crippen LogP contribution is 2.26. The quantitative estimate of drug-likeness (QED) is 0.715. The Bertz CT molecular complexity index is 381. The van der Waals surface area contributed by atoms with Gasteiger partial charge in [-0.25, -0.2) is 0 Å². The Morgan fingerprint density at radius 1 is 1.22 bits per heavy atom. The van der Waals surface area contributed by atoms with Gasteiger partial charge in [-0.1, -0.05) is 31.0 Å². The zero-order valence-corrected chi connectivity index (χ0v) is 10.4. The summed E-state index contributed by atoms with van der Waals surface area (Å²) < 4.78 is 0. The third kappa shape index (κ3) is 3.74. The maximum Gasteiger partial charge on any atom is 0.238 e. The lowest BCUT2D eigenvalue weighted by Gasteiger charge is -2.26. The fraction of sp³-hybridized carbons (Fsp3) is 0.500. The Hall–Kier alpha value is -1.55. The van der Waals surface area contributed by atoms with Gasteiger partial charge >= 0.3 is 0 Å². The SMILES string of the molecule is O=C(C[C@H]1CCCC[C@H]1O)NNc1ccccc1. The molecule has 0 bridgehead atoms. The largest absolute Gasteiger partial charge is 0.393 e. The highest BCUT2D eigenvalue weighted by molar-refractivity contribution is 5.77. The molecule has 0 radical (unpaired) electrons. The van der Waals surface area contributed by atoms with E-state index >= 15 is 0 Å². The fourth-order valence-electron chi connectivity index (χ4n) is 2.38. The van der Waals surface area contributed by atoms with Gasteiger partial charge in [-0.05, 0) is 30.9 Å². The van der Waals surface area contributed by atoms with E-state index in [2.05, 4.69) is 10.9 Å². The number of hydrogen-bond acceptors (Lipinski definition) is 3. The predicted molar refractivity (Wildman–Crippen MR) is 70.8 cm³/mol. The number of amides is 1. The highest BCUT2D eigenvalue weighted by Gasteiger charge is 2.25. The van der Waals surface area contributed by atoms with Crippen molar-refractivity contribution in [3.05, 3.63) is 30.3 Å². The lowest BCUT2D eigenvalue weighted by molar-refractivity contribution is -0.122. The summed E-state index contributed by atoms with van der Waals surface area (Å²) in [6.45, 7) is 0. The van der Waals surface area contributed by atoms with Crippen molar-refractivity contribution >= 4 is 11.6 Å². The van der Waals surface area contributed by atoms with Crippen molar-refractivity contribution in [3.8, 4) is 0 Å². The molecule has 3 N–H and O–H groups in total. The van der Waals surface area contributed by atoms with Crippen LogP contribution in [0.25, 0.3) is 0 Å². The Labute approximate surface area is 107 Å². The molecule has 0 saturated heterocycles. The molecule has 1 amide bonds. The van der Waals surface area contributed by atoms with Gasteiger partial charge in [0.2, 0.25) is 5.91 Å². The minimum absolute atomic E-state index is 0.0650. The molecular weight excluding hydrogens is 228 g/mol. The number of carbonyl (C=O) groups is 1. The molecule has 2 rings (SSSR count). The predicted octanol–water partition coefficient (Wildman–Crippen LogP) is 2.07. The Balaban J connectivity index is 1.75. The van der Waals surface area contributed by atoms with Gasteiger partial charge in [0.1, 0.15) is 0 Å². The molecule has 1 aliphatic carbocycles. The summed E-state index contributed by atoms with van der Waals surface area (Å²) in [5.41, 5.74) is 6.39. The van der Waals surface area contributed by atoms with Crippen LogP contribution in [0.5, 0.6) is 0 Å². The van der Waals surface area contributed by atoms with E-state index in [0.717, 1.165) is 31.4 Å². The van der Waals surface area contributed by atoms with E-state index in [1.54, 1.807) is 0 Å². The summed E-state index contributed by atoms with van der Waals surface area (Å²) >= 11 is 0. The molecule has 1 fully saturated rings. The van der Waals surface area contributed by atoms with E-state index in [9.17, 15) is 9.90 Å². The second-order valence-corrected chi connectivity index (χ2v) is 4.86. The lowest BCUT2D eigenvalue weighted by Crippen LogP contribution is -2.34. The van der Waals surface area contributed by atoms with Crippen molar-refractivity contribution in [3.63, 3.8) is 0 Å². The van der Waals surface area contributed by atoms with Crippen LogP contribution in [-0.2, 0) is 4.79 Å². The van der Waals surface area contributed by atoms with E-state index in [1.165, 1.54) is 0 Å². The summed E-state index contributed by atoms with van der Waals surface area (Å²) in [7, 11) is 0. The number of para-hydroxylation sites is 1. The van der Waals surface area contributed by atoms with Crippen molar-refractivity contribution in [2.24, 2.45) is 5.92 Å². The van der Waals surface area contributed by atoms with Gasteiger partial charge in [-0.3, -0.25) is 15.6 Å². The van der Waals surface area contributed by atoms with Crippen LogP contribution in [0.2, 0.25) is 0 Å². The van der Waals surface area contributed by atoms with Crippen molar-refractivity contribution in [1.82, 2.24) is 5.43 Å². The number of benzene rings is 1. The Morgan fingerprint density at radius 2 is 1.94 bits per heavy atom. The molecule has 0 heterocycles. The van der Waals surface area contributed by atoms with Crippen LogP contribution in [0, 0.1) is 5.92 Å². The number of aliphatic hydroxyl groups is 1. The number of anilines is 1. The first-order valence-electron chi connectivity index (χ1n) is 6.53. The van der Waals surface area contributed by atoms with E-state index in [4.69, 9.17) is 0 Å². The average Bonchev–Trinajstić information content (AvgIpc) is 2.40. The van der Waals surface area contributed by atoms with Gasteiger partial charge in [-0.15, -0.1) is 0 Å². The maximum atomic E-state index is 11.7. The molecule has 1 saturated carbocycles. The average molecular weight is 248 g/mol. The van der Waals surface area contributed by atoms with Crippen molar-refractivity contribution in [2.45, 2.75) is 38.2 Å². The topological polar surface area (TPSA) is 61.4 Å². The number of hydrazine groups is 1. The minimum Gasteiger partial charge on any atom is -0.393 e. The molecule has 0 unspecified atom stereocenters. The van der Waals surface area contributed by atoms with E-state index in [0.29, 0.717) is 6.42 Å². The smallest absolute Gasteiger partial charge is 0.238 e. The first-order valence-corrected chi connectivity index (χ1v) is 6.53. The first kappa shape index (κ1) is 12.9. The fourth-order valence-corrected chi connectivity index (χ4v) is 2.38. The number of aliphatic hydroxyl groups excluding tert-OH is 1.